The van der Waals surface area contributed by atoms with E-state index in [1.54, 1.807) is 18.9 Å². The SMILES string of the molecule is CCOc1ncc(C(=O)NC(C(N)=O)C(C)C)c(N2C[C@H](c3ccccc3)C(c3ccc(Cl)cc3)=N2)n1. The van der Waals surface area contributed by atoms with Crippen molar-refractivity contribution < 1.29 is 14.3 Å². The second-order valence-corrected chi connectivity index (χ2v) is 9.39. The van der Waals surface area contributed by atoms with Crippen molar-refractivity contribution in [2.75, 3.05) is 18.2 Å². The number of hydrogen-bond donors (Lipinski definition) is 2. The fraction of sp³-hybridized carbons (Fsp3) is 0.296. The molecule has 0 aliphatic carbocycles. The first-order chi connectivity index (χ1) is 17.8. The van der Waals surface area contributed by atoms with E-state index in [2.05, 4.69) is 15.3 Å². The van der Waals surface area contributed by atoms with Gasteiger partial charge in [-0.05, 0) is 36.1 Å². The molecule has 3 aromatic rings. The summed E-state index contributed by atoms with van der Waals surface area (Å²) in [5.74, 6) is -1.17. The van der Waals surface area contributed by atoms with Crippen LogP contribution in [0.2, 0.25) is 5.02 Å². The summed E-state index contributed by atoms with van der Waals surface area (Å²) in [6, 6.07) is 16.7. The van der Waals surface area contributed by atoms with Crippen molar-refractivity contribution in [3.8, 4) is 6.01 Å². The highest BCUT2D eigenvalue weighted by atomic mass is 35.5. The molecule has 1 aliphatic rings. The topological polar surface area (TPSA) is 123 Å². The van der Waals surface area contributed by atoms with Gasteiger partial charge in [-0.2, -0.15) is 10.1 Å². The van der Waals surface area contributed by atoms with Crippen molar-refractivity contribution in [3.63, 3.8) is 0 Å². The first-order valence-corrected chi connectivity index (χ1v) is 12.4. The van der Waals surface area contributed by atoms with E-state index in [0.717, 1.165) is 16.8 Å². The molecule has 4 rings (SSSR count). The number of anilines is 1. The molecule has 2 amide bonds. The average molecular weight is 521 g/mol. The molecule has 0 saturated carbocycles. The lowest BCUT2D eigenvalue weighted by Gasteiger charge is -2.22. The lowest BCUT2D eigenvalue weighted by molar-refractivity contribution is -0.120. The summed E-state index contributed by atoms with van der Waals surface area (Å²) in [6.45, 7) is 6.21. The molecule has 3 N–H and O–H groups in total. The highest BCUT2D eigenvalue weighted by molar-refractivity contribution is 6.30. The number of primary amides is 1. The minimum atomic E-state index is -0.851. The Morgan fingerprint density at radius 2 is 1.86 bits per heavy atom. The highest BCUT2D eigenvalue weighted by Crippen LogP contribution is 2.33. The Hall–Kier alpha value is -3.98. The van der Waals surface area contributed by atoms with Gasteiger partial charge in [0.05, 0.1) is 18.9 Å². The van der Waals surface area contributed by atoms with Crippen LogP contribution in [0.4, 0.5) is 5.82 Å². The van der Waals surface area contributed by atoms with Crippen molar-refractivity contribution in [2.24, 2.45) is 16.8 Å². The third kappa shape index (κ3) is 5.89. The number of hydrogen-bond acceptors (Lipinski definition) is 7. The summed E-state index contributed by atoms with van der Waals surface area (Å²) in [5, 5.41) is 9.92. The third-order valence-corrected chi connectivity index (χ3v) is 6.28. The van der Waals surface area contributed by atoms with E-state index in [0.29, 0.717) is 18.2 Å². The molecule has 192 valence electrons. The molecule has 9 nitrogen and oxygen atoms in total. The van der Waals surface area contributed by atoms with Crippen LogP contribution < -0.4 is 20.8 Å². The first-order valence-electron chi connectivity index (χ1n) is 12.0. The monoisotopic (exact) mass is 520 g/mol. The summed E-state index contributed by atoms with van der Waals surface area (Å²) in [5.41, 5.74) is 8.45. The van der Waals surface area contributed by atoms with E-state index in [4.69, 9.17) is 27.2 Å². The largest absolute Gasteiger partial charge is 0.464 e. The summed E-state index contributed by atoms with van der Waals surface area (Å²) in [7, 11) is 0. The number of aromatic nitrogens is 2. The van der Waals surface area contributed by atoms with Crippen molar-refractivity contribution in [1.82, 2.24) is 15.3 Å². The second kappa shape index (κ2) is 11.4. The Kier molecular flexibility index (Phi) is 8.03. The van der Waals surface area contributed by atoms with Gasteiger partial charge in [0.1, 0.15) is 11.6 Å². The standard InChI is InChI=1S/C27H29ClN6O3/c1-4-37-27-30-14-20(26(36)31-22(16(2)3)24(29)35)25(32-27)34-15-21(17-8-6-5-7-9-17)23(33-34)18-10-12-19(28)13-11-18/h5-14,16,21-22H,4,15H2,1-3H3,(H2,29,35)(H,31,36)/t21-,22?/m1/s1. The molecule has 0 radical (unpaired) electrons. The number of amides is 2. The summed E-state index contributed by atoms with van der Waals surface area (Å²) >= 11 is 6.13. The van der Waals surface area contributed by atoms with Crippen LogP contribution in [-0.4, -0.2) is 46.7 Å². The molecule has 2 aromatic carbocycles. The van der Waals surface area contributed by atoms with Crippen molar-refractivity contribution in [3.05, 3.63) is 82.5 Å². The number of carbonyl (C=O) groups is 2. The number of nitrogens with one attached hydrogen (secondary N) is 1. The molecule has 10 heteroatoms. The van der Waals surface area contributed by atoms with E-state index < -0.39 is 17.9 Å². The van der Waals surface area contributed by atoms with Crippen LogP contribution in [0.3, 0.4) is 0 Å². The van der Waals surface area contributed by atoms with E-state index in [1.807, 2.05) is 61.5 Å². The Bertz CT molecular complexity index is 1300. The fourth-order valence-electron chi connectivity index (χ4n) is 4.16. The van der Waals surface area contributed by atoms with Crippen LogP contribution in [0.1, 0.15) is 48.2 Å². The highest BCUT2D eigenvalue weighted by Gasteiger charge is 2.34. The first kappa shape index (κ1) is 26.1. The van der Waals surface area contributed by atoms with Crippen LogP contribution in [0.25, 0.3) is 0 Å². The molecular formula is C27H29ClN6O3. The van der Waals surface area contributed by atoms with Crippen molar-refractivity contribution in [1.29, 1.82) is 0 Å². The molecular weight excluding hydrogens is 492 g/mol. The van der Waals surface area contributed by atoms with Gasteiger partial charge in [-0.1, -0.05) is 67.9 Å². The number of hydrazone groups is 1. The van der Waals surface area contributed by atoms with E-state index >= 15 is 0 Å². The number of ether oxygens (including phenoxy) is 1. The molecule has 1 aromatic heterocycles. The molecule has 2 heterocycles. The van der Waals surface area contributed by atoms with Crippen LogP contribution in [0.5, 0.6) is 6.01 Å². The Morgan fingerprint density at radius 3 is 2.49 bits per heavy atom. The number of halogens is 1. The van der Waals surface area contributed by atoms with Gasteiger partial charge in [-0.3, -0.25) is 9.59 Å². The van der Waals surface area contributed by atoms with Crippen LogP contribution in [0.15, 0.2) is 65.9 Å². The van der Waals surface area contributed by atoms with Crippen LogP contribution in [0, 0.1) is 5.92 Å². The molecule has 0 bridgehead atoms. The Labute approximate surface area is 220 Å². The molecule has 37 heavy (non-hydrogen) atoms. The van der Waals surface area contributed by atoms with Crippen LogP contribution in [-0.2, 0) is 4.79 Å². The lowest BCUT2D eigenvalue weighted by Crippen LogP contribution is -2.48. The molecule has 1 unspecified atom stereocenters. The van der Waals surface area contributed by atoms with Gasteiger partial charge < -0.3 is 15.8 Å². The van der Waals surface area contributed by atoms with Gasteiger partial charge in [-0.15, -0.1) is 0 Å². The molecule has 0 fully saturated rings. The maximum atomic E-state index is 13.3. The number of rotatable bonds is 9. The average Bonchev–Trinajstić information content (AvgIpc) is 3.33. The van der Waals surface area contributed by atoms with Gasteiger partial charge in [0, 0.05) is 17.1 Å². The van der Waals surface area contributed by atoms with Crippen molar-refractivity contribution in [2.45, 2.75) is 32.7 Å². The summed E-state index contributed by atoms with van der Waals surface area (Å²) in [4.78, 5) is 34.0. The molecule has 1 aliphatic heterocycles. The second-order valence-electron chi connectivity index (χ2n) is 8.96. The fourth-order valence-corrected chi connectivity index (χ4v) is 4.29. The normalized spacial score (nSPS) is 15.9. The predicted molar refractivity (Wildman–Crippen MR) is 143 cm³/mol. The van der Waals surface area contributed by atoms with E-state index in [9.17, 15) is 9.59 Å². The van der Waals surface area contributed by atoms with E-state index in [1.165, 1.54) is 6.20 Å². The number of carbonyl (C=O) groups excluding carboxylic acids is 2. The number of nitrogens with two attached hydrogens (primary N) is 1. The Morgan fingerprint density at radius 1 is 1.16 bits per heavy atom. The molecule has 0 saturated heterocycles. The minimum Gasteiger partial charge on any atom is -0.464 e. The smallest absolute Gasteiger partial charge is 0.318 e. The number of benzene rings is 2. The maximum absolute atomic E-state index is 13.3. The van der Waals surface area contributed by atoms with Gasteiger partial charge in [0.2, 0.25) is 5.91 Å². The Balaban J connectivity index is 1.78. The van der Waals surface area contributed by atoms with Gasteiger partial charge >= 0.3 is 6.01 Å². The minimum absolute atomic E-state index is 0.0992. The molecule has 2 atom stereocenters. The predicted octanol–water partition coefficient (Wildman–Crippen LogP) is 3.78. The number of nitrogens with zero attached hydrogens (tertiary/aromatic N) is 4. The maximum Gasteiger partial charge on any atom is 0.318 e. The summed E-state index contributed by atoms with van der Waals surface area (Å²) in [6.07, 6.45) is 1.38. The quantitative estimate of drug-likeness (QED) is 0.442. The molecule has 0 spiro atoms. The van der Waals surface area contributed by atoms with Gasteiger partial charge in [-0.25, -0.2) is 9.99 Å². The third-order valence-electron chi connectivity index (χ3n) is 6.02. The summed E-state index contributed by atoms with van der Waals surface area (Å²) < 4.78 is 5.52. The lowest BCUT2D eigenvalue weighted by atomic mass is 9.90. The van der Waals surface area contributed by atoms with Crippen molar-refractivity contribution >= 4 is 34.9 Å². The zero-order valence-electron chi connectivity index (χ0n) is 20.9. The zero-order chi connectivity index (χ0) is 26.5. The van der Waals surface area contributed by atoms with Gasteiger partial charge in [0.15, 0.2) is 5.82 Å². The zero-order valence-corrected chi connectivity index (χ0v) is 21.6. The van der Waals surface area contributed by atoms with E-state index in [-0.39, 0.29) is 29.2 Å². The van der Waals surface area contributed by atoms with Gasteiger partial charge in [0.25, 0.3) is 5.91 Å². The van der Waals surface area contributed by atoms with Crippen LogP contribution >= 0.6 is 11.6 Å².